The highest BCUT2D eigenvalue weighted by molar-refractivity contribution is 7.53. The molecule has 71 heavy (non-hydrogen) atoms. The summed E-state index contributed by atoms with van der Waals surface area (Å²) in [7, 11) is -8.41. The minimum absolute atomic E-state index is 0.0944. The van der Waals surface area contributed by atoms with Crippen molar-refractivity contribution in [3.63, 3.8) is 0 Å². The van der Waals surface area contributed by atoms with E-state index in [1.807, 2.05) is 0 Å². The van der Waals surface area contributed by atoms with Crippen LogP contribution in [-0.4, -0.2) is 147 Å². The number of imidazole rings is 2. The largest absolute Gasteiger partial charge is 0.510 e. The summed E-state index contributed by atoms with van der Waals surface area (Å²) >= 11 is 0. The van der Waals surface area contributed by atoms with Crippen molar-refractivity contribution in [3.8, 4) is 0 Å². The van der Waals surface area contributed by atoms with Gasteiger partial charge in [0.15, 0.2) is 22.9 Å². The average Bonchev–Trinajstić information content (AvgIpc) is 3.88. The number of carbonyl (C=O) groups excluding carboxylic acids is 4. The van der Waals surface area contributed by atoms with Gasteiger partial charge in [-0.15, -0.1) is 0 Å². The molecule has 30 nitrogen and oxygen atoms in total. The number of rotatable bonds is 30. The minimum atomic E-state index is -4.21. The van der Waals surface area contributed by atoms with Crippen LogP contribution in [0.1, 0.15) is 69.2 Å². The number of aromatic nitrogens is 8. The zero-order valence-corrected chi connectivity index (χ0v) is 42.6. The first-order valence-electron chi connectivity index (χ1n) is 21.8. The van der Waals surface area contributed by atoms with Crippen molar-refractivity contribution in [2.75, 3.05) is 57.2 Å². The maximum Gasteiger partial charge on any atom is 0.510 e. The maximum atomic E-state index is 13.5. The Kier molecular flexibility index (Phi) is 22.8. The molecule has 32 heteroatoms. The number of ether oxygens (including phenoxy) is 10. The van der Waals surface area contributed by atoms with Crippen molar-refractivity contribution in [2.45, 2.75) is 119 Å². The molecule has 0 saturated carbocycles. The van der Waals surface area contributed by atoms with Gasteiger partial charge in [-0.25, -0.2) is 49.1 Å². The van der Waals surface area contributed by atoms with Crippen molar-refractivity contribution >= 4 is 73.8 Å². The Hall–Kier alpha value is -6.00. The molecule has 4 rings (SSSR count). The number of nitrogens with one attached hydrogen (secondary N) is 2. The number of anilines is 2. The third-order valence-electron chi connectivity index (χ3n) is 8.29. The van der Waals surface area contributed by atoms with Gasteiger partial charge in [0, 0.05) is 0 Å². The van der Waals surface area contributed by atoms with Crippen LogP contribution in [0.25, 0.3) is 22.3 Å². The van der Waals surface area contributed by atoms with E-state index >= 15 is 0 Å². The summed E-state index contributed by atoms with van der Waals surface area (Å²) in [5.74, 6) is 0.730. The Morgan fingerprint density at radius 2 is 0.803 bits per heavy atom. The average molecular weight is 1050 g/mol. The van der Waals surface area contributed by atoms with Crippen molar-refractivity contribution in [1.29, 1.82) is 0 Å². The monoisotopic (exact) mass is 1050 g/mol. The Bertz CT molecular complexity index is 2210. The zero-order chi connectivity index (χ0) is 52.1. The molecule has 0 amide bonds. The molecule has 396 valence electrons. The van der Waals surface area contributed by atoms with Gasteiger partial charge in [0.2, 0.25) is 27.2 Å². The van der Waals surface area contributed by atoms with Gasteiger partial charge in [-0.2, -0.15) is 0 Å². The molecule has 0 saturated heterocycles. The van der Waals surface area contributed by atoms with Crippen LogP contribution in [0.3, 0.4) is 0 Å². The summed E-state index contributed by atoms with van der Waals surface area (Å²) < 4.78 is 102. The summed E-state index contributed by atoms with van der Waals surface area (Å²) in [4.78, 5) is 73.5. The van der Waals surface area contributed by atoms with Crippen molar-refractivity contribution in [2.24, 2.45) is 0 Å². The second-order valence-electron chi connectivity index (χ2n) is 15.8. The molecule has 0 bridgehead atoms. The maximum absolute atomic E-state index is 13.5. The molecule has 4 aromatic rings. The number of carbonyl (C=O) groups is 4. The predicted molar refractivity (Wildman–Crippen MR) is 243 cm³/mol. The second-order valence-corrected chi connectivity index (χ2v) is 19.8. The van der Waals surface area contributed by atoms with Crippen molar-refractivity contribution in [1.82, 2.24) is 39.0 Å². The van der Waals surface area contributed by atoms with Gasteiger partial charge in [-0.05, 0) is 69.2 Å². The molecule has 0 aliphatic carbocycles. The smallest absolute Gasteiger partial charge is 0.432 e. The van der Waals surface area contributed by atoms with E-state index < -0.39 is 116 Å². The van der Waals surface area contributed by atoms with Gasteiger partial charge < -0.3 is 67.1 Å². The molecule has 2 N–H and O–H groups in total. The fourth-order valence-electron chi connectivity index (χ4n) is 5.34. The lowest BCUT2D eigenvalue weighted by Gasteiger charge is -2.21. The highest BCUT2D eigenvalue weighted by atomic mass is 31.2. The van der Waals surface area contributed by atoms with Gasteiger partial charge in [-0.1, -0.05) is 0 Å². The summed E-state index contributed by atoms with van der Waals surface area (Å²) in [5, 5.41) is 6.30. The zero-order valence-electron chi connectivity index (χ0n) is 40.8. The van der Waals surface area contributed by atoms with Crippen LogP contribution in [0.5, 0.6) is 0 Å². The number of nitrogens with zero attached hydrogens (tertiary/aromatic N) is 8. The van der Waals surface area contributed by atoms with Gasteiger partial charge >= 0.3 is 39.8 Å². The van der Waals surface area contributed by atoms with Gasteiger partial charge in [0.05, 0.1) is 69.0 Å². The Morgan fingerprint density at radius 3 is 1.10 bits per heavy atom. The Morgan fingerprint density at radius 1 is 0.493 bits per heavy atom. The summed E-state index contributed by atoms with van der Waals surface area (Å²) in [5.41, 5.74) is 1.67. The van der Waals surface area contributed by atoms with E-state index in [1.165, 1.54) is 25.3 Å². The molecule has 0 fully saturated rings. The molecule has 0 aliphatic heterocycles. The number of hydrogen-bond acceptors (Lipinski definition) is 28. The normalized spacial score (nSPS) is 12.8. The molecular weight excluding hydrogens is 990 g/mol. The topological polar surface area (TPSA) is 343 Å². The Labute approximate surface area is 407 Å². The standard InChI is InChI=1S/C39H60N10O20P2/c1-24(2)66-36(50)56-18-62-70(54,63-19-57-37(51)67-25(3)4)22-60-28(9)11-48-16-46-30-32(42-14-44-34(30)48)40-13-41-33-31-35(45-15-43-33)49(17-47-31)12-29(10)61-23-71(55,64-20-58-38(52)68-26(5)6)65-21-59-39(53)69-27(7)8/h14-17,24-29H,11-13,18-23H2,1-10H3,(H,40,42,44)(H,41,43,45)/t28-,29+. The predicted octanol–water partition coefficient (Wildman–Crippen LogP) is 6.70. The van der Waals surface area contributed by atoms with Crippen molar-refractivity contribution in [3.05, 3.63) is 25.3 Å². The molecular formula is C39H60N10O20P2. The van der Waals surface area contributed by atoms with Crippen LogP contribution in [-0.2, 0) is 87.7 Å². The molecule has 0 spiro atoms. The van der Waals surface area contributed by atoms with E-state index in [0.717, 1.165) is 0 Å². The minimum Gasteiger partial charge on any atom is -0.432 e. The van der Waals surface area contributed by atoms with Gasteiger partial charge in [-0.3, -0.25) is 27.2 Å². The lowest BCUT2D eigenvalue weighted by atomic mass is 10.4. The Balaban J connectivity index is 1.33. The fourth-order valence-corrected chi connectivity index (χ4v) is 7.52. The van der Waals surface area contributed by atoms with E-state index in [0.29, 0.717) is 34.0 Å². The van der Waals surface area contributed by atoms with E-state index in [4.69, 9.17) is 65.5 Å². The highest BCUT2D eigenvalue weighted by Crippen LogP contribution is 2.49. The van der Waals surface area contributed by atoms with E-state index in [-0.39, 0.29) is 19.8 Å². The quantitative estimate of drug-likeness (QED) is 0.0237. The van der Waals surface area contributed by atoms with Gasteiger partial charge in [0.25, 0.3) is 0 Å². The van der Waals surface area contributed by atoms with E-state index in [2.05, 4.69) is 40.5 Å². The third-order valence-corrected chi connectivity index (χ3v) is 11.2. The van der Waals surface area contributed by atoms with Crippen LogP contribution in [0.15, 0.2) is 25.3 Å². The van der Waals surface area contributed by atoms with E-state index in [1.54, 1.807) is 78.4 Å². The molecule has 0 aliphatic rings. The lowest BCUT2D eigenvalue weighted by Crippen LogP contribution is -2.20. The molecule has 4 heterocycles. The van der Waals surface area contributed by atoms with Crippen LogP contribution >= 0.6 is 15.2 Å². The summed E-state index contributed by atoms with van der Waals surface area (Å²) in [6.07, 6.45) is -3.07. The van der Waals surface area contributed by atoms with E-state index in [9.17, 15) is 28.3 Å². The number of fused-ring (bicyclic) bond motifs is 2. The van der Waals surface area contributed by atoms with Crippen LogP contribution in [0.2, 0.25) is 0 Å². The second kappa shape index (κ2) is 28.1. The highest BCUT2D eigenvalue weighted by Gasteiger charge is 2.31. The first-order valence-corrected chi connectivity index (χ1v) is 25.2. The molecule has 0 unspecified atom stereocenters. The van der Waals surface area contributed by atoms with Crippen LogP contribution < -0.4 is 10.6 Å². The number of hydrogen-bond donors (Lipinski definition) is 2. The summed E-state index contributed by atoms with van der Waals surface area (Å²) in [6, 6.07) is 0. The third kappa shape index (κ3) is 20.3. The summed E-state index contributed by atoms with van der Waals surface area (Å²) in [6.45, 7) is 13.4. The first-order chi connectivity index (χ1) is 33.6. The molecule has 0 radical (unpaired) electrons. The van der Waals surface area contributed by atoms with Crippen molar-refractivity contribution < 1.29 is 93.8 Å². The first kappa shape index (κ1) is 57.6. The molecule has 2 atom stereocenters. The van der Waals surface area contributed by atoms with Gasteiger partial charge in [0.1, 0.15) is 36.4 Å². The van der Waals surface area contributed by atoms with Crippen LogP contribution in [0, 0.1) is 0 Å². The van der Waals surface area contributed by atoms with Crippen LogP contribution in [0.4, 0.5) is 30.8 Å². The molecule has 4 aromatic heterocycles. The lowest BCUT2D eigenvalue weighted by molar-refractivity contribution is -0.0390. The molecule has 0 aromatic carbocycles. The fraction of sp³-hybridized carbons (Fsp3) is 0.641. The SMILES string of the molecule is CC(C)OC(=O)OCOP(=O)(CO[C@H](C)Cn1cnc2c(NCNc3ncnc4c3ncn4C[C@H](C)OCP(=O)(OCOC(=O)OC(C)C)OCOC(=O)OC(C)C)ncnc21)OCOC(=O)OC(C)C.